The molecule has 0 aromatic heterocycles. The van der Waals surface area contributed by atoms with Crippen molar-refractivity contribution in [3.63, 3.8) is 0 Å². The molecule has 1 aliphatic rings. The molecule has 3 nitrogen and oxygen atoms in total. The molecule has 0 atom stereocenters. The average molecular weight is 177 g/mol. The van der Waals surface area contributed by atoms with E-state index >= 15 is 0 Å². The smallest absolute Gasteiger partial charge is 0.119 e. The minimum atomic E-state index is 0.304. The Kier molecular flexibility index (Phi) is 1.93. The van der Waals surface area contributed by atoms with Gasteiger partial charge in [0.05, 0.1) is 5.71 Å². The number of nitrogens with zero attached hydrogens (tertiary/aromatic N) is 1. The fourth-order valence-electron chi connectivity index (χ4n) is 1.78. The standard InChI is InChI=1S/C10H11NO2/c12-10-6-2-3-7-8(10)4-1-5-9(7)11-13/h2-3,6,12-13H,1,4-5H2/b11-9-. The van der Waals surface area contributed by atoms with Gasteiger partial charge in [-0.25, -0.2) is 0 Å². The number of fused-ring (bicyclic) bond motifs is 1. The zero-order valence-electron chi connectivity index (χ0n) is 7.20. The van der Waals surface area contributed by atoms with Gasteiger partial charge in [0.1, 0.15) is 5.75 Å². The monoisotopic (exact) mass is 177 g/mol. The summed E-state index contributed by atoms with van der Waals surface area (Å²) in [5, 5.41) is 21.5. The molecule has 0 spiro atoms. The Bertz CT molecular complexity index is 358. The maximum absolute atomic E-state index is 9.53. The highest BCUT2D eigenvalue weighted by Crippen LogP contribution is 2.28. The first-order chi connectivity index (χ1) is 6.33. The first-order valence-corrected chi connectivity index (χ1v) is 4.35. The lowest BCUT2D eigenvalue weighted by molar-refractivity contribution is 0.317. The third kappa shape index (κ3) is 1.26. The van der Waals surface area contributed by atoms with Gasteiger partial charge in [0.25, 0.3) is 0 Å². The Labute approximate surface area is 76.3 Å². The van der Waals surface area contributed by atoms with Crippen LogP contribution in [0, 0.1) is 0 Å². The zero-order chi connectivity index (χ0) is 9.26. The molecule has 0 amide bonds. The highest BCUT2D eigenvalue weighted by atomic mass is 16.4. The van der Waals surface area contributed by atoms with Crippen LogP contribution in [0.1, 0.15) is 24.0 Å². The van der Waals surface area contributed by atoms with Crippen LogP contribution >= 0.6 is 0 Å². The maximum atomic E-state index is 9.53. The number of benzene rings is 1. The normalized spacial score (nSPS) is 18.6. The lowest BCUT2D eigenvalue weighted by Crippen LogP contribution is -2.11. The van der Waals surface area contributed by atoms with E-state index in [9.17, 15) is 5.11 Å². The molecule has 2 N–H and O–H groups in total. The molecule has 0 heterocycles. The molecule has 1 aromatic carbocycles. The molecule has 1 aliphatic carbocycles. The number of hydrogen-bond donors (Lipinski definition) is 2. The fourth-order valence-corrected chi connectivity index (χ4v) is 1.78. The summed E-state index contributed by atoms with van der Waals surface area (Å²) in [6.45, 7) is 0. The van der Waals surface area contributed by atoms with Crippen LogP contribution in [0.2, 0.25) is 0 Å². The minimum absolute atomic E-state index is 0.304. The van der Waals surface area contributed by atoms with Crippen LogP contribution in [0.25, 0.3) is 0 Å². The fraction of sp³-hybridized carbons (Fsp3) is 0.300. The second kappa shape index (κ2) is 3.09. The van der Waals surface area contributed by atoms with E-state index in [-0.39, 0.29) is 0 Å². The largest absolute Gasteiger partial charge is 0.508 e. The first kappa shape index (κ1) is 8.10. The van der Waals surface area contributed by atoms with Crippen molar-refractivity contribution in [1.82, 2.24) is 0 Å². The number of aromatic hydroxyl groups is 1. The van der Waals surface area contributed by atoms with E-state index in [0.717, 1.165) is 30.4 Å². The number of rotatable bonds is 0. The summed E-state index contributed by atoms with van der Waals surface area (Å²) in [5.41, 5.74) is 2.47. The summed E-state index contributed by atoms with van der Waals surface area (Å²) in [6, 6.07) is 5.31. The van der Waals surface area contributed by atoms with Gasteiger partial charge in [-0.15, -0.1) is 0 Å². The van der Waals surface area contributed by atoms with Gasteiger partial charge in [-0.05, 0) is 25.3 Å². The van der Waals surface area contributed by atoms with Gasteiger partial charge in [-0.3, -0.25) is 0 Å². The van der Waals surface area contributed by atoms with Crippen molar-refractivity contribution in [3.05, 3.63) is 29.3 Å². The van der Waals surface area contributed by atoms with Crippen molar-refractivity contribution < 1.29 is 10.3 Å². The van der Waals surface area contributed by atoms with Gasteiger partial charge in [0, 0.05) is 11.1 Å². The third-order valence-corrected chi connectivity index (χ3v) is 2.42. The molecule has 0 fully saturated rings. The van der Waals surface area contributed by atoms with Crippen LogP contribution in [0.4, 0.5) is 0 Å². The Morgan fingerprint density at radius 1 is 1.23 bits per heavy atom. The van der Waals surface area contributed by atoms with Gasteiger partial charge in [0.2, 0.25) is 0 Å². The van der Waals surface area contributed by atoms with Crippen LogP contribution < -0.4 is 0 Å². The van der Waals surface area contributed by atoms with Crippen molar-refractivity contribution in [2.24, 2.45) is 5.16 Å². The summed E-state index contributed by atoms with van der Waals surface area (Å²) in [7, 11) is 0. The molecular weight excluding hydrogens is 166 g/mol. The molecule has 0 radical (unpaired) electrons. The van der Waals surface area contributed by atoms with Crippen molar-refractivity contribution >= 4 is 5.71 Å². The molecule has 2 rings (SSSR count). The third-order valence-electron chi connectivity index (χ3n) is 2.42. The lowest BCUT2D eigenvalue weighted by Gasteiger charge is -2.17. The topological polar surface area (TPSA) is 52.8 Å². The molecule has 0 saturated carbocycles. The highest BCUT2D eigenvalue weighted by molar-refractivity contribution is 6.02. The SMILES string of the molecule is O/N=C1/CCCc2c(O)cccc21. The quantitative estimate of drug-likeness (QED) is 0.469. The molecule has 13 heavy (non-hydrogen) atoms. The van der Waals surface area contributed by atoms with Gasteiger partial charge >= 0.3 is 0 Å². The number of phenolic OH excluding ortho intramolecular Hbond substituents is 1. The van der Waals surface area contributed by atoms with E-state index in [4.69, 9.17) is 5.21 Å². The second-order valence-electron chi connectivity index (χ2n) is 3.20. The maximum Gasteiger partial charge on any atom is 0.119 e. The molecule has 3 heteroatoms. The van der Waals surface area contributed by atoms with Crippen LogP contribution in [0.3, 0.4) is 0 Å². The molecular formula is C10H11NO2. The van der Waals surface area contributed by atoms with E-state index in [0.29, 0.717) is 11.5 Å². The van der Waals surface area contributed by atoms with Crippen LogP contribution in [0.15, 0.2) is 23.4 Å². The Morgan fingerprint density at radius 3 is 2.85 bits per heavy atom. The number of oxime groups is 1. The van der Waals surface area contributed by atoms with E-state index in [1.54, 1.807) is 12.1 Å². The highest BCUT2D eigenvalue weighted by Gasteiger charge is 2.17. The van der Waals surface area contributed by atoms with Crippen molar-refractivity contribution in [1.29, 1.82) is 0 Å². The van der Waals surface area contributed by atoms with Crippen molar-refractivity contribution in [3.8, 4) is 5.75 Å². The Balaban J connectivity index is 2.58. The van der Waals surface area contributed by atoms with Crippen LogP contribution in [-0.2, 0) is 6.42 Å². The Morgan fingerprint density at radius 2 is 2.08 bits per heavy atom. The molecule has 0 bridgehead atoms. The average Bonchev–Trinajstić information content (AvgIpc) is 2.18. The van der Waals surface area contributed by atoms with E-state index in [1.165, 1.54) is 0 Å². The zero-order valence-corrected chi connectivity index (χ0v) is 7.20. The van der Waals surface area contributed by atoms with Gasteiger partial charge in [-0.2, -0.15) is 0 Å². The summed E-state index contributed by atoms with van der Waals surface area (Å²) in [4.78, 5) is 0. The predicted molar refractivity (Wildman–Crippen MR) is 49.4 cm³/mol. The van der Waals surface area contributed by atoms with Crippen LogP contribution in [-0.4, -0.2) is 16.0 Å². The van der Waals surface area contributed by atoms with Crippen molar-refractivity contribution in [2.45, 2.75) is 19.3 Å². The van der Waals surface area contributed by atoms with E-state index in [2.05, 4.69) is 5.16 Å². The number of phenols is 1. The predicted octanol–water partition coefficient (Wildman–Crippen LogP) is 1.91. The van der Waals surface area contributed by atoms with Crippen LogP contribution in [0.5, 0.6) is 5.75 Å². The summed E-state index contributed by atoms with van der Waals surface area (Å²) < 4.78 is 0. The van der Waals surface area contributed by atoms with Crippen molar-refractivity contribution in [2.75, 3.05) is 0 Å². The summed E-state index contributed by atoms with van der Waals surface area (Å²) >= 11 is 0. The Hall–Kier alpha value is -1.51. The minimum Gasteiger partial charge on any atom is -0.508 e. The molecule has 68 valence electrons. The van der Waals surface area contributed by atoms with E-state index < -0.39 is 0 Å². The lowest BCUT2D eigenvalue weighted by atomic mass is 9.89. The number of hydrogen-bond acceptors (Lipinski definition) is 3. The first-order valence-electron chi connectivity index (χ1n) is 4.35. The van der Waals surface area contributed by atoms with E-state index in [1.807, 2.05) is 6.07 Å². The molecule has 0 aliphatic heterocycles. The van der Waals surface area contributed by atoms with Gasteiger partial charge < -0.3 is 10.3 Å². The van der Waals surface area contributed by atoms with Gasteiger partial charge in [0.15, 0.2) is 0 Å². The molecule has 0 saturated heterocycles. The molecule has 1 aromatic rings. The second-order valence-corrected chi connectivity index (χ2v) is 3.20. The summed E-state index contributed by atoms with van der Waals surface area (Å²) in [6.07, 6.45) is 2.58. The molecule has 0 unspecified atom stereocenters. The summed E-state index contributed by atoms with van der Waals surface area (Å²) in [5.74, 6) is 0.304. The van der Waals surface area contributed by atoms with Gasteiger partial charge in [-0.1, -0.05) is 17.3 Å².